The van der Waals surface area contributed by atoms with Gasteiger partial charge in [-0.2, -0.15) is 18.2 Å². The van der Waals surface area contributed by atoms with Crippen molar-refractivity contribution in [3.05, 3.63) is 42.1 Å². The van der Waals surface area contributed by atoms with E-state index in [0.717, 1.165) is 24.3 Å². The number of benzene rings is 1. The zero-order valence-electron chi connectivity index (χ0n) is 22.4. The fourth-order valence-electron chi connectivity index (χ4n) is 3.30. The Kier molecular flexibility index (Phi) is 13.9. The Morgan fingerprint density at radius 3 is 2.26 bits per heavy atom. The molecule has 9 nitrogen and oxygen atoms in total. The first-order valence-electron chi connectivity index (χ1n) is 12.5. The monoisotopic (exact) mass is 541 g/mol. The SMILES string of the molecule is CCCC(C)Nc1nc(C)cc(N[C@@H](CC(C)C)C(=O)NCCOc2ccccc2)n1.O=C(O)C(F)(F)F. The molecule has 0 fully saturated rings. The summed E-state index contributed by atoms with van der Waals surface area (Å²) in [4.78, 5) is 30.8. The van der Waals surface area contributed by atoms with Gasteiger partial charge in [0.2, 0.25) is 11.9 Å². The molecule has 1 heterocycles. The molecule has 2 atom stereocenters. The number of hydrogen-bond acceptors (Lipinski definition) is 7. The van der Waals surface area contributed by atoms with Gasteiger partial charge in [0.25, 0.3) is 0 Å². The van der Waals surface area contributed by atoms with Crippen LogP contribution in [0.1, 0.15) is 52.7 Å². The summed E-state index contributed by atoms with van der Waals surface area (Å²) in [5, 5.41) is 16.8. The number of para-hydroxylation sites is 1. The van der Waals surface area contributed by atoms with Crippen LogP contribution in [0.5, 0.6) is 5.75 Å². The lowest BCUT2D eigenvalue weighted by Gasteiger charge is -2.21. The molecule has 0 aliphatic rings. The van der Waals surface area contributed by atoms with Gasteiger partial charge in [-0.25, -0.2) is 9.78 Å². The predicted molar refractivity (Wildman–Crippen MR) is 140 cm³/mol. The van der Waals surface area contributed by atoms with Crippen LogP contribution >= 0.6 is 0 Å². The number of carbonyl (C=O) groups excluding carboxylic acids is 1. The number of anilines is 2. The maximum Gasteiger partial charge on any atom is 0.490 e. The zero-order chi connectivity index (χ0) is 28.7. The summed E-state index contributed by atoms with van der Waals surface area (Å²) in [7, 11) is 0. The van der Waals surface area contributed by atoms with E-state index in [2.05, 4.69) is 53.6 Å². The highest BCUT2D eigenvalue weighted by Crippen LogP contribution is 2.16. The van der Waals surface area contributed by atoms with Gasteiger partial charge in [-0.05, 0) is 44.7 Å². The minimum atomic E-state index is -5.08. The minimum absolute atomic E-state index is 0.0597. The van der Waals surface area contributed by atoms with Crippen LogP contribution in [0.4, 0.5) is 24.9 Å². The van der Waals surface area contributed by atoms with Gasteiger partial charge in [0.1, 0.15) is 24.2 Å². The second-order valence-electron chi connectivity index (χ2n) is 9.13. The highest BCUT2D eigenvalue weighted by molar-refractivity contribution is 5.84. The lowest BCUT2D eigenvalue weighted by Crippen LogP contribution is -2.42. The Morgan fingerprint density at radius 2 is 1.71 bits per heavy atom. The molecule has 1 amide bonds. The van der Waals surface area contributed by atoms with Gasteiger partial charge in [0.05, 0.1) is 6.54 Å². The van der Waals surface area contributed by atoms with Crippen LogP contribution in [0.15, 0.2) is 36.4 Å². The van der Waals surface area contributed by atoms with Crippen molar-refractivity contribution in [2.24, 2.45) is 5.92 Å². The van der Waals surface area contributed by atoms with Crippen molar-refractivity contribution < 1.29 is 32.6 Å². The number of rotatable bonds is 13. The number of carboxylic acid groups (broad SMARTS) is 1. The molecule has 1 aromatic carbocycles. The fraction of sp³-hybridized carbons (Fsp3) is 0.538. The predicted octanol–water partition coefficient (Wildman–Crippen LogP) is 5.04. The summed E-state index contributed by atoms with van der Waals surface area (Å²) >= 11 is 0. The van der Waals surface area contributed by atoms with E-state index in [4.69, 9.17) is 14.6 Å². The third-order valence-electron chi connectivity index (χ3n) is 4.95. The van der Waals surface area contributed by atoms with Crippen molar-refractivity contribution >= 4 is 23.6 Å². The number of aromatic nitrogens is 2. The third kappa shape index (κ3) is 13.7. The molecule has 212 valence electrons. The van der Waals surface area contributed by atoms with E-state index in [1.165, 1.54) is 0 Å². The number of nitrogens with one attached hydrogen (secondary N) is 3. The van der Waals surface area contributed by atoms with E-state index in [1.807, 2.05) is 43.3 Å². The first kappa shape index (κ1) is 32.5. The van der Waals surface area contributed by atoms with E-state index in [-0.39, 0.29) is 11.9 Å². The Labute approximate surface area is 221 Å². The molecule has 0 spiro atoms. The lowest BCUT2D eigenvalue weighted by molar-refractivity contribution is -0.192. The standard InChI is InChI=1S/C24H37N5O2.C2HF3O2/c1-6-10-18(4)26-24-27-19(5)16-22(29-24)28-21(15-17(2)3)23(30)25-13-14-31-20-11-8-7-9-12-20;3-2(4,5)1(6)7/h7-9,11-12,16-18,21H,6,10,13-15H2,1-5H3,(H,25,30)(H2,26,27,28,29);(H,6,7)/t18?,21-;/m0./s1. The van der Waals surface area contributed by atoms with Crippen LogP contribution in [-0.2, 0) is 9.59 Å². The Bertz CT molecular complexity index is 991. The Morgan fingerprint density at radius 1 is 1.08 bits per heavy atom. The van der Waals surface area contributed by atoms with Gasteiger partial charge >= 0.3 is 12.1 Å². The number of hydrogen-bond donors (Lipinski definition) is 4. The van der Waals surface area contributed by atoms with Gasteiger partial charge in [-0.1, -0.05) is 45.4 Å². The normalized spacial score (nSPS) is 12.6. The average molecular weight is 542 g/mol. The van der Waals surface area contributed by atoms with E-state index >= 15 is 0 Å². The molecule has 1 unspecified atom stereocenters. The number of aliphatic carboxylic acids is 1. The quantitative estimate of drug-likeness (QED) is 0.260. The van der Waals surface area contributed by atoms with Crippen molar-refractivity contribution in [3.8, 4) is 5.75 Å². The molecule has 0 aliphatic carbocycles. The number of carbonyl (C=O) groups is 2. The molecule has 4 N–H and O–H groups in total. The number of carboxylic acids is 1. The topological polar surface area (TPSA) is 125 Å². The number of alkyl halides is 3. The second-order valence-corrected chi connectivity index (χ2v) is 9.13. The molecule has 1 aromatic heterocycles. The van der Waals surface area contributed by atoms with Gasteiger partial charge < -0.3 is 25.8 Å². The smallest absolute Gasteiger partial charge is 0.490 e. The molecule has 0 saturated carbocycles. The average Bonchev–Trinajstić information content (AvgIpc) is 2.81. The van der Waals surface area contributed by atoms with E-state index < -0.39 is 12.1 Å². The van der Waals surface area contributed by atoms with Crippen molar-refractivity contribution in [1.29, 1.82) is 0 Å². The van der Waals surface area contributed by atoms with Crippen molar-refractivity contribution in [1.82, 2.24) is 15.3 Å². The van der Waals surface area contributed by atoms with Gasteiger partial charge in [-0.3, -0.25) is 4.79 Å². The van der Waals surface area contributed by atoms with Crippen LogP contribution in [0.2, 0.25) is 0 Å². The number of amides is 1. The number of ether oxygens (including phenoxy) is 1. The zero-order valence-corrected chi connectivity index (χ0v) is 22.4. The molecular formula is C26H38F3N5O4. The molecule has 0 aliphatic heterocycles. The molecule has 12 heteroatoms. The van der Waals surface area contributed by atoms with Crippen molar-refractivity contribution in [2.75, 3.05) is 23.8 Å². The van der Waals surface area contributed by atoms with E-state index in [9.17, 15) is 18.0 Å². The van der Waals surface area contributed by atoms with Crippen LogP contribution in [0.25, 0.3) is 0 Å². The summed E-state index contributed by atoms with van der Waals surface area (Å²) in [5.41, 5.74) is 0.851. The summed E-state index contributed by atoms with van der Waals surface area (Å²) in [6, 6.07) is 11.4. The maximum atomic E-state index is 12.8. The van der Waals surface area contributed by atoms with Crippen LogP contribution in [0, 0.1) is 12.8 Å². The van der Waals surface area contributed by atoms with Crippen LogP contribution in [-0.4, -0.2) is 58.4 Å². The summed E-state index contributed by atoms with van der Waals surface area (Å²) in [6.07, 6.45) is -2.25. The summed E-state index contributed by atoms with van der Waals surface area (Å²) in [6.45, 7) is 11.3. The van der Waals surface area contributed by atoms with Crippen LogP contribution < -0.4 is 20.7 Å². The number of nitrogens with zero attached hydrogens (tertiary/aromatic N) is 2. The van der Waals surface area contributed by atoms with E-state index in [0.29, 0.717) is 43.3 Å². The highest BCUT2D eigenvalue weighted by Gasteiger charge is 2.38. The molecular weight excluding hydrogens is 503 g/mol. The molecule has 38 heavy (non-hydrogen) atoms. The first-order chi connectivity index (χ1) is 17.8. The third-order valence-corrected chi connectivity index (χ3v) is 4.95. The lowest BCUT2D eigenvalue weighted by atomic mass is 10.0. The molecule has 2 aromatic rings. The number of halogens is 3. The largest absolute Gasteiger partial charge is 0.492 e. The summed E-state index contributed by atoms with van der Waals surface area (Å²) in [5.74, 6) is -0.428. The second kappa shape index (κ2) is 16.3. The summed E-state index contributed by atoms with van der Waals surface area (Å²) < 4.78 is 37.4. The minimum Gasteiger partial charge on any atom is -0.492 e. The Hall–Kier alpha value is -3.57. The van der Waals surface area contributed by atoms with Crippen molar-refractivity contribution in [3.63, 3.8) is 0 Å². The molecule has 0 radical (unpaired) electrons. The van der Waals surface area contributed by atoms with Gasteiger partial charge in [-0.15, -0.1) is 0 Å². The van der Waals surface area contributed by atoms with E-state index in [1.54, 1.807) is 0 Å². The van der Waals surface area contributed by atoms with Crippen molar-refractivity contribution in [2.45, 2.75) is 72.1 Å². The highest BCUT2D eigenvalue weighted by atomic mass is 19.4. The molecule has 0 bridgehead atoms. The maximum absolute atomic E-state index is 12.8. The molecule has 0 saturated heterocycles. The van der Waals surface area contributed by atoms with Gasteiger partial charge in [0, 0.05) is 17.8 Å². The Balaban J connectivity index is 0.000000905. The first-order valence-corrected chi connectivity index (χ1v) is 12.5. The van der Waals surface area contributed by atoms with Gasteiger partial charge in [0.15, 0.2) is 0 Å². The van der Waals surface area contributed by atoms with Crippen LogP contribution in [0.3, 0.4) is 0 Å². The molecule has 2 rings (SSSR count). The fourth-order valence-corrected chi connectivity index (χ4v) is 3.30. The number of aryl methyl sites for hydroxylation is 1.